The van der Waals surface area contributed by atoms with Crippen LogP contribution in [-0.4, -0.2) is 29.5 Å². The van der Waals surface area contributed by atoms with E-state index in [1.807, 2.05) is 0 Å². The summed E-state index contributed by atoms with van der Waals surface area (Å²) in [6, 6.07) is 6.05. The Kier molecular flexibility index (Phi) is 6.00. The number of benzene rings is 1. The van der Waals surface area contributed by atoms with Crippen molar-refractivity contribution >= 4 is 0 Å². The molecule has 0 saturated heterocycles. The summed E-state index contributed by atoms with van der Waals surface area (Å²) in [5.74, 6) is -0.272. The predicted molar refractivity (Wildman–Crippen MR) is 58.4 cm³/mol. The van der Waals surface area contributed by atoms with E-state index in [1.165, 1.54) is 12.1 Å². The Morgan fingerprint density at radius 2 is 1.94 bits per heavy atom. The van der Waals surface area contributed by atoms with Gasteiger partial charge >= 0.3 is 0 Å². The molecule has 90 valence electrons. The zero-order chi connectivity index (χ0) is 11.8. The molecule has 1 aromatic rings. The molecule has 1 unspecified atom stereocenters. The topological polar surface area (TPSA) is 49.7 Å². The van der Waals surface area contributed by atoms with Gasteiger partial charge in [0.1, 0.15) is 5.82 Å². The Bertz CT molecular complexity index is 287. The fourth-order valence-corrected chi connectivity index (χ4v) is 1.30. The van der Waals surface area contributed by atoms with E-state index < -0.39 is 6.10 Å². The molecule has 0 fully saturated rings. The Balaban J connectivity index is 2.17. The van der Waals surface area contributed by atoms with Crippen LogP contribution in [0.4, 0.5) is 4.39 Å². The normalized spacial score (nSPS) is 12.7. The van der Waals surface area contributed by atoms with E-state index in [-0.39, 0.29) is 19.0 Å². The number of rotatable bonds is 7. The summed E-state index contributed by atoms with van der Waals surface area (Å²) >= 11 is 0. The second-order valence-corrected chi connectivity index (χ2v) is 3.66. The van der Waals surface area contributed by atoms with E-state index in [2.05, 4.69) is 0 Å². The van der Waals surface area contributed by atoms with Crippen molar-refractivity contribution in [1.29, 1.82) is 0 Å². The minimum Gasteiger partial charge on any atom is -0.396 e. The van der Waals surface area contributed by atoms with Crippen LogP contribution >= 0.6 is 0 Å². The van der Waals surface area contributed by atoms with Crippen molar-refractivity contribution in [1.82, 2.24) is 0 Å². The van der Waals surface area contributed by atoms with Gasteiger partial charge in [0.05, 0.1) is 19.3 Å². The van der Waals surface area contributed by atoms with Gasteiger partial charge in [-0.2, -0.15) is 0 Å². The Morgan fingerprint density at radius 3 is 2.56 bits per heavy atom. The van der Waals surface area contributed by atoms with Gasteiger partial charge in [-0.05, 0) is 30.5 Å². The number of aliphatic hydroxyl groups is 2. The molecule has 0 aliphatic heterocycles. The van der Waals surface area contributed by atoms with Crippen LogP contribution in [0.25, 0.3) is 0 Å². The quantitative estimate of drug-likeness (QED) is 0.743. The summed E-state index contributed by atoms with van der Waals surface area (Å²) in [7, 11) is 0. The van der Waals surface area contributed by atoms with Gasteiger partial charge in [0.2, 0.25) is 0 Å². The van der Waals surface area contributed by atoms with Gasteiger partial charge in [-0.25, -0.2) is 4.39 Å². The molecule has 16 heavy (non-hydrogen) atoms. The van der Waals surface area contributed by atoms with Crippen molar-refractivity contribution in [3.8, 4) is 0 Å². The van der Waals surface area contributed by atoms with Crippen molar-refractivity contribution in [3.05, 3.63) is 35.6 Å². The molecule has 4 heteroatoms. The van der Waals surface area contributed by atoms with Gasteiger partial charge < -0.3 is 14.9 Å². The Morgan fingerprint density at radius 1 is 1.25 bits per heavy atom. The van der Waals surface area contributed by atoms with Crippen LogP contribution in [-0.2, 0) is 11.3 Å². The number of hydrogen-bond acceptors (Lipinski definition) is 3. The molecule has 0 amide bonds. The second-order valence-electron chi connectivity index (χ2n) is 3.66. The maximum atomic E-state index is 12.6. The first-order chi connectivity index (χ1) is 7.72. The van der Waals surface area contributed by atoms with Crippen molar-refractivity contribution in [2.45, 2.75) is 25.6 Å². The lowest BCUT2D eigenvalue weighted by molar-refractivity contribution is 0.0216. The minimum atomic E-state index is -0.549. The van der Waals surface area contributed by atoms with Gasteiger partial charge in [-0.15, -0.1) is 0 Å². The van der Waals surface area contributed by atoms with Crippen LogP contribution in [0.3, 0.4) is 0 Å². The summed E-state index contributed by atoms with van der Waals surface area (Å²) < 4.78 is 17.8. The average molecular weight is 228 g/mol. The first kappa shape index (κ1) is 13.1. The van der Waals surface area contributed by atoms with Gasteiger partial charge in [0.25, 0.3) is 0 Å². The van der Waals surface area contributed by atoms with E-state index in [1.54, 1.807) is 12.1 Å². The van der Waals surface area contributed by atoms with Crippen LogP contribution in [0.5, 0.6) is 0 Å². The maximum absolute atomic E-state index is 12.6. The van der Waals surface area contributed by atoms with E-state index in [0.29, 0.717) is 19.4 Å². The Labute approximate surface area is 94.5 Å². The highest BCUT2D eigenvalue weighted by Crippen LogP contribution is 2.05. The standard InChI is InChI=1S/C12H17FO3/c13-11-5-3-10(4-6-11)8-16-9-12(15)2-1-7-14/h3-6,12,14-15H,1-2,7-9H2. The minimum absolute atomic E-state index is 0.0784. The molecule has 0 aliphatic carbocycles. The molecule has 0 aromatic heterocycles. The van der Waals surface area contributed by atoms with E-state index in [0.717, 1.165) is 5.56 Å². The second kappa shape index (κ2) is 7.33. The van der Waals surface area contributed by atoms with Gasteiger partial charge in [-0.3, -0.25) is 0 Å². The summed E-state index contributed by atoms with van der Waals surface area (Å²) in [6.07, 6.45) is 0.550. The third-order valence-corrected chi connectivity index (χ3v) is 2.19. The van der Waals surface area contributed by atoms with E-state index >= 15 is 0 Å². The van der Waals surface area contributed by atoms with Crippen LogP contribution in [0, 0.1) is 5.82 Å². The smallest absolute Gasteiger partial charge is 0.123 e. The summed E-state index contributed by atoms with van der Waals surface area (Å²) in [5, 5.41) is 18.0. The number of hydrogen-bond donors (Lipinski definition) is 2. The lowest BCUT2D eigenvalue weighted by Gasteiger charge is -2.10. The molecule has 2 N–H and O–H groups in total. The lowest BCUT2D eigenvalue weighted by atomic mass is 10.2. The molecule has 1 atom stereocenters. The molecule has 0 radical (unpaired) electrons. The molecule has 0 aliphatic rings. The summed E-state index contributed by atoms with van der Waals surface area (Å²) in [5.41, 5.74) is 0.871. The SMILES string of the molecule is OCCCC(O)COCc1ccc(F)cc1. The van der Waals surface area contributed by atoms with E-state index in [9.17, 15) is 9.50 Å². The fraction of sp³-hybridized carbons (Fsp3) is 0.500. The van der Waals surface area contributed by atoms with Crippen molar-refractivity contribution in [2.24, 2.45) is 0 Å². The predicted octanol–water partition coefficient (Wildman–Crippen LogP) is 1.48. The van der Waals surface area contributed by atoms with Crippen LogP contribution in [0.15, 0.2) is 24.3 Å². The molecule has 0 bridgehead atoms. The largest absolute Gasteiger partial charge is 0.396 e. The monoisotopic (exact) mass is 228 g/mol. The molecule has 0 spiro atoms. The molecule has 1 rings (SSSR count). The maximum Gasteiger partial charge on any atom is 0.123 e. The lowest BCUT2D eigenvalue weighted by Crippen LogP contribution is -2.15. The van der Waals surface area contributed by atoms with Gasteiger partial charge in [-0.1, -0.05) is 12.1 Å². The van der Waals surface area contributed by atoms with Crippen LogP contribution in [0.2, 0.25) is 0 Å². The van der Waals surface area contributed by atoms with Crippen molar-refractivity contribution < 1.29 is 19.3 Å². The third kappa shape index (κ3) is 5.21. The zero-order valence-electron chi connectivity index (χ0n) is 9.10. The van der Waals surface area contributed by atoms with Gasteiger partial charge in [0.15, 0.2) is 0 Å². The Hall–Kier alpha value is -0.970. The number of halogens is 1. The highest BCUT2D eigenvalue weighted by atomic mass is 19.1. The molecule has 1 aromatic carbocycles. The molecular formula is C12H17FO3. The molecule has 0 saturated carbocycles. The number of aliphatic hydroxyl groups excluding tert-OH is 2. The first-order valence-corrected chi connectivity index (χ1v) is 5.33. The average Bonchev–Trinajstić information content (AvgIpc) is 2.29. The third-order valence-electron chi connectivity index (χ3n) is 2.19. The molecule has 3 nitrogen and oxygen atoms in total. The first-order valence-electron chi connectivity index (χ1n) is 5.33. The van der Waals surface area contributed by atoms with E-state index in [4.69, 9.17) is 9.84 Å². The van der Waals surface area contributed by atoms with Crippen LogP contribution in [0.1, 0.15) is 18.4 Å². The summed E-state index contributed by atoms with van der Waals surface area (Å²) in [6.45, 7) is 0.670. The fourth-order valence-electron chi connectivity index (χ4n) is 1.30. The zero-order valence-corrected chi connectivity index (χ0v) is 9.10. The van der Waals surface area contributed by atoms with Gasteiger partial charge in [0, 0.05) is 6.61 Å². The van der Waals surface area contributed by atoms with Crippen LogP contribution < -0.4 is 0 Å². The molecule has 0 heterocycles. The van der Waals surface area contributed by atoms with Crippen molar-refractivity contribution in [3.63, 3.8) is 0 Å². The highest BCUT2D eigenvalue weighted by molar-refractivity contribution is 5.14. The molecular weight excluding hydrogens is 211 g/mol. The number of ether oxygens (including phenoxy) is 1. The van der Waals surface area contributed by atoms with Crippen molar-refractivity contribution in [2.75, 3.05) is 13.2 Å². The summed E-state index contributed by atoms with van der Waals surface area (Å²) in [4.78, 5) is 0. The highest BCUT2D eigenvalue weighted by Gasteiger charge is 2.03.